The van der Waals surface area contributed by atoms with Crippen LogP contribution in [0.2, 0.25) is 0 Å². The van der Waals surface area contributed by atoms with Gasteiger partial charge in [0.2, 0.25) is 0 Å². The molecule has 0 aliphatic carbocycles. The zero-order valence-corrected chi connectivity index (χ0v) is 11.2. The lowest BCUT2D eigenvalue weighted by Crippen LogP contribution is -2.25. The molecule has 0 radical (unpaired) electrons. The molecule has 0 fully saturated rings. The molecule has 2 nitrogen and oxygen atoms in total. The molecule has 0 spiro atoms. The molecule has 0 aliphatic heterocycles. The van der Waals surface area contributed by atoms with E-state index in [4.69, 9.17) is 9.47 Å². The van der Waals surface area contributed by atoms with Gasteiger partial charge in [0, 0.05) is 6.61 Å². The molecule has 0 saturated carbocycles. The highest BCUT2D eigenvalue weighted by molar-refractivity contribution is 4.63. The van der Waals surface area contributed by atoms with Gasteiger partial charge in [-0.3, -0.25) is 0 Å². The SMILES string of the molecule is CCOC(C)OC(CC(C)C)CC(C)C. The Bertz CT molecular complexity index is 133. The summed E-state index contributed by atoms with van der Waals surface area (Å²) in [5.74, 6) is 1.37. The Morgan fingerprint density at radius 3 is 1.67 bits per heavy atom. The predicted octanol–water partition coefficient (Wildman–Crippen LogP) is 3.85. The Balaban J connectivity index is 3.99. The molecule has 15 heavy (non-hydrogen) atoms. The molecule has 1 atom stereocenters. The lowest BCUT2D eigenvalue weighted by Gasteiger charge is -2.25. The average Bonchev–Trinajstić information content (AvgIpc) is 2.00. The van der Waals surface area contributed by atoms with Gasteiger partial charge in [0.05, 0.1) is 6.10 Å². The van der Waals surface area contributed by atoms with Crippen LogP contribution in [0.3, 0.4) is 0 Å². The molecule has 0 heterocycles. The average molecular weight is 216 g/mol. The molecule has 1 unspecified atom stereocenters. The van der Waals surface area contributed by atoms with Crippen LogP contribution in [0.15, 0.2) is 0 Å². The summed E-state index contributed by atoms with van der Waals surface area (Å²) in [6.45, 7) is 13.7. The minimum atomic E-state index is -0.0718. The first-order valence-corrected chi connectivity index (χ1v) is 6.22. The highest BCUT2D eigenvalue weighted by Crippen LogP contribution is 2.18. The van der Waals surface area contributed by atoms with Gasteiger partial charge in [-0.15, -0.1) is 0 Å². The van der Waals surface area contributed by atoms with E-state index >= 15 is 0 Å². The summed E-state index contributed by atoms with van der Waals surface area (Å²) in [5.41, 5.74) is 0. The maximum Gasteiger partial charge on any atom is 0.155 e. The first-order chi connectivity index (χ1) is 6.95. The van der Waals surface area contributed by atoms with Crippen LogP contribution in [0, 0.1) is 11.8 Å². The lowest BCUT2D eigenvalue weighted by atomic mass is 9.98. The van der Waals surface area contributed by atoms with Crippen molar-refractivity contribution in [2.24, 2.45) is 11.8 Å². The van der Waals surface area contributed by atoms with Crippen LogP contribution in [0.1, 0.15) is 54.4 Å². The third-order valence-corrected chi connectivity index (χ3v) is 2.25. The van der Waals surface area contributed by atoms with Crippen LogP contribution >= 0.6 is 0 Å². The van der Waals surface area contributed by atoms with Gasteiger partial charge < -0.3 is 9.47 Å². The smallest absolute Gasteiger partial charge is 0.155 e. The molecule has 0 N–H and O–H groups in total. The summed E-state index contributed by atoms with van der Waals surface area (Å²) in [6, 6.07) is 0. The number of ether oxygens (including phenoxy) is 2. The fourth-order valence-corrected chi connectivity index (χ4v) is 1.80. The molecule has 0 aromatic carbocycles. The second kappa shape index (κ2) is 8.12. The third-order valence-electron chi connectivity index (χ3n) is 2.25. The highest BCUT2D eigenvalue weighted by atomic mass is 16.7. The monoisotopic (exact) mass is 216 g/mol. The summed E-state index contributed by atoms with van der Waals surface area (Å²) in [4.78, 5) is 0. The van der Waals surface area contributed by atoms with Crippen LogP contribution in [0.4, 0.5) is 0 Å². The van der Waals surface area contributed by atoms with E-state index in [1.54, 1.807) is 0 Å². The Morgan fingerprint density at radius 2 is 1.33 bits per heavy atom. The molecule has 0 bridgehead atoms. The van der Waals surface area contributed by atoms with Crippen LogP contribution < -0.4 is 0 Å². The first-order valence-electron chi connectivity index (χ1n) is 6.22. The minimum absolute atomic E-state index is 0.0718. The van der Waals surface area contributed by atoms with Crippen molar-refractivity contribution in [2.75, 3.05) is 6.61 Å². The molecule has 0 rings (SSSR count). The third kappa shape index (κ3) is 8.88. The van der Waals surface area contributed by atoms with Gasteiger partial charge in [-0.1, -0.05) is 27.7 Å². The van der Waals surface area contributed by atoms with Gasteiger partial charge >= 0.3 is 0 Å². The normalized spacial score (nSPS) is 14.2. The first kappa shape index (κ1) is 14.9. The number of hydrogen-bond acceptors (Lipinski definition) is 2. The number of rotatable bonds is 8. The molecule has 0 aliphatic rings. The standard InChI is InChI=1S/C13H28O2/c1-7-14-12(6)15-13(8-10(2)3)9-11(4)5/h10-13H,7-9H2,1-6H3. The van der Waals surface area contributed by atoms with Crippen molar-refractivity contribution >= 4 is 0 Å². The van der Waals surface area contributed by atoms with E-state index in [2.05, 4.69) is 27.7 Å². The molecule has 92 valence electrons. The second-order valence-corrected chi connectivity index (χ2v) is 5.04. The second-order valence-electron chi connectivity index (χ2n) is 5.04. The fourth-order valence-electron chi connectivity index (χ4n) is 1.80. The molecule has 0 amide bonds. The van der Waals surface area contributed by atoms with Crippen molar-refractivity contribution < 1.29 is 9.47 Å². The van der Waals surface area contributed by atoms with E-state index < -0.39 is 0 Å². The van der Waals surface area contributed by atoms with E-state index in [9.17, 15) is 0 Å². The molecule has 2 heteroatoms. The van der Waals surface area contributed by atoms with Crippen molar-refractivity contribution in [1.29, 1.82) is 0 Å². The van der Waals surface area contributed by atoms with Crippen LogP contribution in [-0.4, -0.2) is 19.0 Å². The van der Waals surface area contributed by atoms with E-state index in [1.807, 2.05) is 13.8 Å². The fraction of sp³-hybridized carbons (Fsp3) is 1.00. The summed E-state index contributed by atoms with van der Waals surface area (Å²) in [5, 5.41) is 0. The topological polar surface area (TPSA) is 18.5 Å². The van der Waals surface area contributed by atoms with Crippen molar-refractivity contribution in [3.63, 3.8) is 0 Å². The maximum atomic E-state index is 5.89. The van der Waals surface area contributed by atoms with Gasteiger partial charge in [-0.25, -0.2) is 0 Å². The molecular weight excluding hydrogens is 188 g/mol. The van der Waals surface area contributed by atoms with E-state index in [0.29, 0.717) is 17.9 Å². The molecular formula is C13H28O2. The number of hydrogen-bond donors (Lipinski definition) is 0. The van der Waals surface area contributed by atoms with Gasteiger partial charge in [-0.05, 0) is 38.5 Å². The van der Waals surface area contributed by atoms with Gasteiger partial charge in [0.1, 0.15) is 0 Å². The summed E-state index contributed by atoms with van der Waals surface area (Å²) in [7, 11) is 0. The largest absolute Gasteiger partial charge is 0.353 e. The van der Waals surface area contributed by atoms with Gasteiger partial charge in [0.15, 0.2) is 6.29 Å². The van der Waals surface area contributed by atoms with Crippen molar-refractivity contribution in [2.45, 2.75) is 66.8 Å². The van der Waals surface area contributed by atoms with Gasteiger partial charge in [-0.2, -0.15) is 0 Å². The predicted molar refractivity (Wildman–Crippen MR) is 64.9 cm³/mol. The Hall–Kier alpha value is -0.0800. The summed E-state index contributed by atoms with van der Waals surface area (Å²) >= 11 is 0. The lowest BCUT2D eigenvalue weighted by molar-refractivity contribution is -0.164. The molecule has 0 aromatic heterocycles. The van der Waals surface area contributed by atoms with E-state index in [0.717, 1.165) is 19.4 Å². The van der Waals surface area contributed by atoms with Crippen LogP contribution in [-0.2, 0) is 9.47 Å². The van der Waals surface area contributed by atoms with Crippen molar-refractivity contribution in [3.05, 3.63) is 0 Å². The Kier molecular flexibility index (Phi) is 8.07. The Labute approximate surface area is 95.3 Å². The van der Waals surface area contributed by atoms with E-state index in [-0.39, 0.29) is 6.29 Å². The van der Waals surface area contributed by atoms with Crippen LogP contribution in [0.25, 0.3) is 0 Å². The zero-order valence-electron chi connectivity index (χ0n) is 11.2. The highest BCUT2D eigenvalue weighted by Gasteiger charge is 2.16. The van der Waals surface area contributed by atoms with Crippen molar-refractivity contribution in [3.8, 4) is 0 Å². The van der Waals surface area contributed by atoms with Crippen LogP contribution in [0.5, 0.6) is 0 Å². The minimum Gasteiger partial charge on any atom is -0.353 e. The summed E-state index contributed by atoms with van der Waals surface area (Å²) < 4.78 is 11.3. The quantitative estimate of drug-likeness (QED) is 0.574. The van der Waals surface area contributed by atoms with E-state index in [1.165, 1.54) is 0 Å². The van der Waals surface area contributed by atoms with Gasteiger partial charge in [0.25, 0.3) is 0 Å². The van der Waals surface area contributed by atoms with Crippen molar-refractivity contribution in [1.82, 2.24) is 0 Å². The molecule has 0 saturated heterocycles. The maximum absolute atomic E-state index is 5.89. The molecule has 0 aromatic rings. The zero-order chi connectivity index (χ0) is 11.8. The Morgan fingerprint density at radius 1 is 0.867 bits per heavy atom. The summed E-state index contributed by atoms with van der Waals surface area (Å²) in [6.07, 6.45) is 2.51.